The van der Waals surface area contributed by atoms with Crippen LogP contribution in [0.25, 0.3) is 0 Å². The third-order valence-electron chi connectivity index (χ3n) is 5.10. The van der Waals surface area contributed by atoms with E-state index in [0.717, 1.165) is 5.56 Å². The second-order valence-corrected chi connectivity index (χ2v) is 7.50. The van der Waals surface area contributed by atoms with Gasteiger partial charge in [0.1, 0.15) is 29.2 Å². The number of hydrogen-bond donors (Lipinski definition) is 2. The topological polar surface area (TPSA) is 93.2 Å². The molecular weight excluding hydrogens is 399 g/mol. The lowest BCUT2D eigenvalue weighted by atomic mass is 10.2. The van der Waals surface area contributed by atoms with Crippen LogP contribution >= 0.6 is 0 Å². The summed E-state index contributed by atoms with van der Waals surface area (Å²) in [6.45, 7) is 2.10. The minimum Gasteiger partial charge on any atom is -0.457 e. The molecule has 7 nitrogen and oxygen atoms in total. The molecule has 1 heterocycles. The molecule has 4 rings (SSSR count). The molecule has 0 atom stereocenters. The van der Waals surface area contributed by atoms with Crippen LogP contribution < -0.4 is 15.4 Å². The van der Waals surface area contributed by atoms with Crippen LogP contribution in [0.15, 0.2) is 61.2 Å². The maximum absolute atomic E-state index is 13.2. The van der Waals surface area contributed by atoms with Crippen LogP contribution in [0.1, 0.15) is 34.3 Å². The van der Waals surface area contributed by atoms with Gasteiger partial charge in [-0.15, -0.1) is 0 Å². The van der Waals surface area contributed by atoms with Gasteiger partial charge in [0.25, 0.3) is 5.91 Å². The molecule has 0 unspecified atom stereocenters. The largest absolute Gasteiger partial charge is 0.457 e. The van der Waals surface area contributed by atoms with E-state index in [2.05, 4.69) is 20.6 Å². The van der Waals surface area contributed by atoms with Crippen molar-refractivity contribution in [2.75, 3.05) is 0 Å². The number of rotatable bonds is 7. The van der Waals surface area contributed by atoms with Crippen LogP contribution in [0.3, 0.4) is 0 Å². The van der Waals surface area contributed by atoms with Gasteiger partial charge in [-0.05, 0) is 61.2 Å². The molecule has 0 saturated heterocycles. The summed E-state index contributed by atoms with van der Waals surface area (Å²) >= 11 is 0. The van der Waals surface area contributed by atoms with Gasteiger partial charge >= 0.3 is 0 Å². The van der Waals surface area contributed by atoms with Crippen LogP contribution in [-0.4, -0.2) is 27.3 Å². The van der Waals surface area contributed by atoms with Gasteiger partial charge in [-0.1, -0.05) is 12.1 Å². The zero-order valence-electron chi connectivity index (χ0n) is 16.9. The molecule has 0 radical (unpaired) electrons. The molecule has 2 amide bonds. The number of nitrogens with one attached hydrogen (secondary N) is 2. The number of hydrogen-bond acceptors (Lipinski definition) is 5. The average molecular weight is 420 g/mol. The van der Waals surface area contributed by atoms with Gasteiger partial charge in [0.2, 0.25) is 5.91 Å². The Morgan fingerprint density at radius 3 is 2.45 bits per heavy atom. The lowest BCUT2D eigenvalue weighted by Crippen LogP contribution is -2.48. The van der Waals surface area contributed by atoms with Gasteiger partial charge in [-0.2, -0.15) is 0 Å². The number of carbonyl (C=O) groups excluding carboxylic acids is 2. The van der Waals surface area contributed by atoms with Crippen molar-refractivity contribution in [3.63, 3.8) is 0 Å². The van der Waals surface area contributed by atoms with E-state index in [1.54, 1.807) is 25.1 Å². The number of benzene rings is 2. The predicted octanol–water partition coefficient (Wildman–Crippen LogP) is 3.30. The summed E-state index contributed by atoms with van der Waals surface area (Å²) in [4.78, 5) is 32.6. The molecule has 2 N–H and O–H groups in total. The summed E-state index contributed by atoms with van der Waals surface area (Å²) < 4.78 is 19.0. The van der Waals surface area contributed by atoms with Gasteiger partial charge in [0, 0.05) is 18.9 Å². The molecule has 1 aliphatic carbocycles. The van der Waals surface area contributed by atoms with Crippen molar-refractivity contribution in [3.8, 4) is 11.5 Å². The average Bonchev–Trinajstić information content (AvgIpc) is 3.56. The Labute approximate surface area is 178 Å². The van der Waals surface area contributed by atoms with E-state index in [0.29, 0.717) is 42.0 Å². The van der Waals surface area contributed by atoms with Crippen molar-refractivity contribution in [1.82, 2.24) is 20.6 Å². The molecule has 1 aromatic heterocycles. The molecule has 1 saturated carbocycles. The fraction of sp³-hybridized carbons (Fsp3) is 0.217. The lowest BCUT2D eigenvalue weighted by Gasteiger charge is -2.17. The Morgan fingerprint density at radius 2 is 1.81 bits per heavy atom. The highest BCUT2D eigenvalue weighted by Crippen LogP contribution is 2.36. The van der Waals surface area contributed by atoms with Crippen LogP contribution in [0.2, 0.25) is 0 Å². The number of halogens is 1. The molecule has 8 heteroatoms. The van der Waals surface area contributed by atoms with Crippen LogP contribution in [0, 0.1) is 12.7 Å². The van der Waals surface area contributed by atoms with Crippen molar-refractivity contribution in [2.24, 2.45) is 0 Å². The Kier molecular flexibility index (Phi) is 5.62. The molecule has 0 bridgehead atoms. The summed E-state index contributed by atoms with van der Waals surface area (Å²) in [6, 6.07) is 11.6. The number of aromatic nitrogens is 2. The van der Waals surface area contributed by atoms with E-state index >= 15 is 0 Å². The molecule has 2 aromatic carbocycles. The maximum atomic E-state index is 13.2. The number of aryl methyl sites for hydroxylation is 1. The van der Waals surface area contributed by atoms with Gasteiger partial charge < -0.3 is 15.4 Å². The van der Waals surface area contributed by atoms with Gasteiger partial charge in [-0.3, -0.25) is 9.59 Å². The van der Waals surface area contributed by atoms with E-state index in [-0.39, 0.29) is 17.6 Å². The van der Waals surface area contributed by atoms with Crippen LogP contribution in [-0.2, 0) is 11.3 Å². The number of nitrogens with zero attached hydrogens (tertiary/aromatic N) is 2. The fourth-order valence-electron chi connectivity index (χ4n) is 3.12. The fourth-order valence-corrected chi connectivity index (χ4v) is 3.12. The normalized spacial score (nSPS) is 13.9. The van der Waals surface area contributed by atoms with E-state index in [4.69, 9.17) is 4.74 Å². The first-order chi connectivity index (χ1) is 14.9. The minimum atomic E-state index is -0.879. The molecule has 1 aliphatic rings. The molecular formula is C23H21FN4O3. The first-order valence-electron chi connectivity index (χ1n) is 9.84. The van der Waals surface area contributed by atoms with Crippen molar-refractivity contribution in [3.05, 3.63) is 83.7 Å². The van der Waals surface area contributed by atoms with Gasteiger partial charge in [0.15, 0.2) is 0 Å². The highest BCUT2D eigenvalue weighted by Gasteiger charge is 2.51. The predicted molar refractivity (Wildman–Crippen MR) is 111 cm³/mol. The molecule has 0 spiro atoms. The summed E-state index contributed by atoms with van der Waals surface area (Å²) in [6.07, 6.45) is 5.33. The molecule has 158 valence electrons. The van der Waals surface area contributed by atoms with Gasteiger partial charge in [0.05, 0.1) is 5.56 Å². The monoisotopic (exact) mass is 420 g/mol. The third kappa shape index (κ3) is 4.85. The van der Waals surface area contributed by atoms with Crippen molar-refractivity contribution >= 4 is 11.8 Å². The molecule has 0 aliphatic heterocycles. The van der Waals surface area contributed by atoms with E-state index in [1.165, 1.54) is 30.9 Å². The number of ether oxygens (including phenoxy) is 1. The first-order valence-corrected chi connectivity index (χ1v) is 9.84. The Hall–Kier alpha value is -3.81. The quantitative estimate of drug-likeness (QED) is 0.612. The smallest absolute Gasteiger partial charge is 0.255 e. The number of amides is 2. The van der Waals surface area contributed by atoms with E-state index in [9.17, 15) is 14.0 Å². The number of carbonyl (C=O) groups is 2. The SMILES string of the molecule is Cc1cc(F)ccc1Oc1ccc(CNC(=O)C2(NC(=O)c3cncnc3)CC2)cc1. The summed E-state index contributed by atoms with van der Waals surface area (Å²) in [5, 5.41) is 5.66. The van der Waals surface area contributed by atoms with Crippen LogP contribution in [0.4, 0.5) is 4.39 Å². The van der Waals surface area contributed by atoms with Crippen LogP contribution in [0.5, 0.6) is 11.5 Å². The molecule has 1 fully saturated rings. The highest BCUT2D eigenvalue weighted by atomic mass is 19.1. The molecule has 31 heavy (non-hydrogen) atoms. The first kappa shape index (κ1) is 20.5. The zero-order valence-corrected chi connectivity index (χ0v) is 16.9. The second kappa shape index (κ2) is 8.51. The van der Waals surface area contributed by atoms with E-state index < -0.39 is 5.54 Å². The van der Waals surface area contributed by atoms with E-state index in [1.807, 2.05) is 12.1 Å². The Morgan fingerprint density at radius 1 is 1.10 bits per heavy atom. The lowest BCUT2D eigenvalue weighted by molar-refractivity contribution is -0.124. The summed E-state index contributed by atoms with van der Waals surface area (Å²) in [7, 11) is 0. The standard InChI is InChI=1S/C23H21FN4O3/c1-15-10-18(24)4-7-20(15)31-19-5-2-16(3-6-19)11-27-22(30)23(8-9-23)28-21(29)17-12-25-14-26-13-17/h2-7,10,12-14H,8-9,11H2,1H3,(H,27,30)(H,28,29). The van der Waals surface area contributed by atoms with Crippen molar-refractivity contribution in [2.45, 2.75) is 31.8 Å². The Balaban J connectivity index is 1.31. The summed E-state index contributed by atoms with van der Waals surface area (Å²) in [5.74, 6) is 0.293. The highest BCUT2D eigenvalue weighted by molar-refractivity contribution is 6.00. The Bertz CT molecular complexity index is 1100. The second-order valence-electron chi connectivity index (χ2n) is 7.50. The van der Waals surface area contributed by atoms with Gasteiger partial charge in [-0.25, -0.2) is 14.4 Å². The summed E-state index contributed by atoms with van der Waals surface area (Å²) in [5.41, 5.74) is 1.02. The zero-order chi connectivity index (χ0) is 21.8. The molecule has 3 aromatic rings. The van der Waals surface area contributed by atoms with Crippen molar-refractivity contribution in [1.29, 1.82) is 0 Å². The minimum absolute atomic E-state index is 0.222. The maximum Gasteiger partial charge on any atom is 0.255 e. The third-order valence-corrected chi connectivity index (χ3v) is 5.10. The van der Waals surface area contributed by atoms with Crippen molar-refractivity contribution < 1.29 is 18.7 Å².